The Morgan fingerprint density at radius 2 is 2.00 bits per heavy atom. The Hall–Kier alpha value is -2.89. The molecule has 5 heteroatoms. The standard InChI is InChI=1S/C21H23N3O2/c1-24-15-18(14-22-12-11-16-5-3-2-4-6-16)19-13-17(7-9-20(19)24)8-10-21(25)23-26/h2-10,13,15,22,26H,11-12,14H2,1H3,(H,23,25)/b10-8+. The van der Waals surface area contributed by atoms with Gasteiger partial charge in [-0.1, -0.05) is 36.4 Å². The van der Waals surface area contributed by atoms with Gasteiger partial charge in [-0.15, -0.1) is 0 Å². The van der Waals surface area contributed by atoms with Crippen LogP contribution in [0.3, 0.4) is 0 Å². The van der Waals surface area contributed by atoms with Gasteiger partial charge in [-0.2, -0.15) is 0 Å². The van der Waals surface area contributed by atoms with Crippen LogP contribution >= 0.6 is 0 Å². The summed E-state index contributed by atoms with van der Waals surface area (Å²) in [5.41, 5.74) is 6.20. The van der Waals surface area contributed by atoms with Crippen molar-refractivity contribution in [2.75, 3.05) is 6.54 Å². The minimum atomic E-state index is -0.541. The van der Waals surface area contributed by atoms with Gasteiger partial charge in [0, 0.05) is 36.8 Å². The molecule has 0 saturated heterocycles. The minimum absolute atomic E-state index is 0.541. The smallest absolute Gasteiger partial charge is 0.267 e. The van der Waals surface area contributed by atoms with Crippen LogP contribution in [-0.4, -0.2) is 22.2 Å². The molecule has 0 saturated carbocycles. The van der Waals surface area contributed by atoms with E-state index in [1.807, 2.05) is 25.2 Å². The number of hydrogen-bond donors (Lipinski definition) is 3. The molecule has 134 valence electrons. The lowest BCUT2D eigenvalue weighted by atomic mass is 10.1. The topological polar surface area (TPSA) is 66.3 Å². The van der Waals surface area contributed by atoms with Crippen molar-refractivity contribution in [1.29, 1.82) is 0 Å². The molecule has 0 fully saturated rings. The Balaban J connectivity index is 1.69. The summed E-state index contributed by atoms with van der Waals surface area (Å²) >= 11 is 0. The monoisotopic (exact) mass is 349 g/mol. The molecule has 0 aliphatic carbocycles. The van der Waals surface area contributed by atoms with Crippen molar-refractivity contribution < 1.29 is 10.0 Å². The highest BCUT2D eigenvalue weighted by molar-refractivity contribution is 5.92. The average molecular weight is 349 g/mol. The summed E-state index contributed by atoms with van der Waals surface area (Å²) in [7, 11) is 2.03. The molecule has 0 atom stereocenters. The summed E-state index contributed by atoms with van der Waals surface area (Å²) in [5, 5.41) is 13.2. The molecule has 0 unspecified atom stereocenters. The number of carbonyl (C=O) groups is 1. The quantitative estimate of drug-likeness (QED) is 0.266. The first-order chi connectivity index (χ1) is 12.7. The maximum atomic E-state index is 11.1. The number of benzene rings is 2. The molecule has 1 aromatic heterocycles. The van der Waals surface area contributed by atoms with Crippen molar-refractivity contribution in [1.82, 2.24) is 15.4 Å². The second-order valence-electron chi connectivity index (χ2n) is 6.26. The molecule has 5 nitrogen and oxygen atoms in total. The summed E-state index contributed by atoms with van der Waals surface area (Å²) in [6, 6.07) is 16.5. The highest BCUT2D eigenvalue weighted by Gasteiger charge is 2.07. The fourth-order valence-corrected chi connectivity index (χ4v) is 3.05. The average Bonchev–Trinajstić information content (AvgIpc) is 2.99. The van der Waals surface area contributed by atoms with Crippen molar-refractivity contribution >= 4 is 22.9 Å². The van der Waals surface area contributed by atoms with E-state index in [0.717, 1.165) is 36.0 Å². The fraction of sp³-hybridized carbons (Fsp3) is 0.190. The largest absolute Gasteiger partial charge is 0.350 e. The van der Waals surface area contributed by atoms with Crippen LogP contribution in [0, 0.1) is 0 Å². The number of hydrogen-bond acceptors (Lipinski definition) is 3. The molecule has 2 aromatic carbocycles. The van der Waals surface area contributed by atoms with Crippen LogP contribution in [0.1, 0.15) is 16.7 Å². The molecule has 0 spiro atoms. The number of fused-ring (bicyclic) bond motifs is 1. The highest BCUT2D eigenvalue weighted by atomic mass is 16.5. The summed E-state index contributed by atoms with van der Waals surface area (Å²) < 4.78 is 2.11. The second-order valence-corrected chi connectivity index (χ2v) is 6.26. The zero-order valence-electron chi connectivity index (χ0n) is 14.8. The lowest BCUT2D eigenvalue weighted by Crippen LogP contribution is -2.16. The van der Waals surface area contributed by atoms with E-state index in [1.165, 1.54) is 17.2 Å². The minimum Gasteiger partial charge on any atom is -0.350 e. The van der Waals surface area contributed by atoms with Gasteiger partial charge in [0.25, 0.3) is 5.91 Å². The Morgan fingerprint density at radius 1 is 1.19 bits per heavy atom. The van der Waals surface area contributed by atoms with Crippen LogP contribution in [0.2, 0.25) is 0 Å². The molecule has 0 aliphatic heterocycles. The predicted molar refractivity (Wildman–Crippen MR) is 104 cm³/mol. The number of carbonyl (C=O) groups excluding carboxylic acids is 1. The van der Waals surface area contributed by atoms with Gasteiger partial charge in [0.15, 0.2) is 0 Å². The fourth-order valence-electron chi connectivity index (χ4n) is 3.05. The summed E-state index contributed by atoms with van der Waals surface area (Å²) in [6.07, 6.45) is 6.12. The van der Waals surface area contributed by atoms with Crippen molar-refractivity contribution in [2.45, 2.75) is 13.0 Å². The Kier molecular flexibility index (Phi) is 5.84. The molecular formula is C21H23N3O2. The van der Waals surface area contributed by atoms with Gasteiger partial charge < -0.3 is 9.88 Å². The van der Waals surface area contributed by atoms with E-state index in [0.29, 0.717) is 0 Å². The number of amides is 1. The van der Waals surface area contributed by atoms with E-state index < -0.39 is 5.91 Å². The number of hydroxylamine groups is 1. The van der Waals surface area contributed by atoms with E-state index in [2.05, 4.69) is 46.4 Å². The third kappa shape index (κ3) is 4.39. The predicted octanol–water partition coefficient (Wildman–Crippen LogP) is 3.03. The van der Waals surface area contributed by atoms with E-state index in [9.17, 15) is 4.79 Å². The van der Waals surface area contributed by atoms with Crippen LogP contribution in [0.15, 0.2) is 60.8 Å². The summed E-state index contributed by atoms with van der Waals surface area (Å²) in [6.45, 7) is 1.70. The van der Waals surface area contributed by atoms with Crippen LogP contribution in [0.25, 0.3) is 17.0 Å². The SMILES string of the molecule is Cn1cc(CNCCc2ccccc2)c2cc(/C=C/C(=O)NO)ccc21. The Labute approximate surface area is 152 Å². The van der Waals surface area contributed by atoms with Crippen LogP contribution in [0.4, 0.5) is 0 Å². The molecule has 3 aromatic rings. The molecule has 0 bridgehead atoms. The van der Waals surface area contributed by atoms with E-state index in [4.69, 9.17) is 5.21 Å². The van der Waals surface area contributed by atoms with Gasteiger partial charge >= 0.3 is 0 Å². The molecule has 0 radical (unpaired) electrons. The first-order valence-corrected chi connectivity index (χ1v) is 8.62. The number of aromatic nitrogens is 1. The lowest BCUT2D eigenvalue weighted by Gasteiger charge is -2.05. The zero-order chi connectivity index (χ0) is 18.4. The van der Waals surface area contributed by atoms with E-state index in [-0.39, 0.29) is 0 Å². The van der Waals surface area contributed by atoms with Crippen molar-refractivity contribution in [3.8, 4) is 0 Å². The first kappa shape index (κ1) is 17.9. The maximum absolute atomic E-state index is 11.1. The Bertz CT molecular complexity index is 914. The third-order valence-electron chi connectivity index (χ3n) is 4.38. The van der Waals surface area contributed by atoms with Gasteiger partial charge in [-0.05, 0) is 47.9 Å². The number of nitrogens with one attached hydrogen (secondary N) is 2. The first-order valence-electron chi connectivity index (χ1n) is 8.62. The molecule has 1 amide bonds. The number of rotatable bonds is 7. The molecule has 26 heavy (non-hydrogen) atoms. The normalized spacial score (nSPS) is 11.3. The van der Waals surface area contributed by atoms with Crippen molar-refractivity contribution in [3.05, 3.63) is 77.5 Å². The van der Waals surface area contributed by atoms with Crippen LogP contribution in [-0.2, 0) is 24.8 Å². The van der Waals surface area contributed by atoms with Gasteiger partial charge in [0.2, 0.25) is 0 Å². The molecule has 3 N–H and O–H groups in total. The number of nitrogens with zero attached hydrogens (tertiary/aromatic N) is 1. The molecule has 0 aliphatic rings. The molecule has 1 heterocycles. The summed E-state index contributed by atoms with van der Waals surface area (Å²) in [5.74, 6) is -0.541. The van der Waals surface area contributed by atoms with Crippen molar-refractivity contribution in [2.24, 2.45) is 7.05 Å². The van der Waals surface area contributed by atoms with E-state index >= 15 is 0 Å². The van der Waals surface area contributed by atoms with Gasteiger partial charge in [0.1, 0.15) is 0 Å². The van der Waals surface area contributed by atoms with Gasteiger partial charge in [-0.3, -0.25) is 10.0 Å². The third-order valence-corrected chi connectivity index (χ3v) is 4.38. The summed E-state index contributed by atoms with van der Waals surface area (Å²) in [4.78, 5) is 11.1. The maximum Gasteiger partial charge on any atom is 0.267 e. The highest BCUT2D eigenvalue weighted by Crippen LogP contribution is 2.22. The second kappa shape index (κ2) is 8.47. The van der Waals surface area contributed by atoms with E-state index in [1.54, 1.807) is 11.6 Å². The van der Waals surface area contributed by atoms with Gasteiger partial charge in [-0.25, -0.2) is 5.48 Å². The zero-order valence-corrected chi connectivity index (χ0v) is 14.8. The van der Waals surface area contributed by atoms with Crippen LogP contribution in [0.5, 0.6) is 0 Å². The molecular weight excluding hydrogens is 326 g/mol. The lowest BCUT2D eigenvalue weighted by molar-refractivity contribution is -0.124. The number of aryl methyl sites for hydroxylation is 1. The van der Waals surface area contributed by atoms with Gasteiger partial charge in [0.05, 0.1) is 0 Å². The van der Waals surface area contributed by atoms with Crippen molar-refractivity contribution in [3.63, 3.8) is 0 Å². The Morgan fingerprint density at radius 3 is 2.77 bits per heavy atom. The van der Waals surface area contributed by atoms with Crippen LogP contribution < -0.4 is 10.8 Å². The molecule has 3 rings (SSSR count).